The molecule has 1 amide bonds. The first kappa shape index (κ1) is 17.2. The van der Waals surface area contributed by atoms with Crippen LogP contribution in [0.3, 0.4) is 0 Å². The van der Waals surface area contributed by atoms with Gasteiger partial charge in [0.05, 0.1) is 10.2 Å². The molecule has 0 unspecified atom stereocenters. The van der Waals surface area contributed by atoms with Gasteiger partial charge >= 0.3 is 0 Å². The number of halogens is 1. The topological polar surface area (TPSA) is 56.2 Å². The molecule has 0 radical (unpaired) electrons. The lowest BCUT2D eigenvalue weighted by atomic mass is 10.1. The Bertz CT molecular complexity index is 861. The Hall–Kier alpha value is -2.60. The molecule has 1 aromatic heterocycles. The molecule has 128 valence electrons. The van der Waals surface area contributed by atoms with Gasteiger partial charge in [-0.25, -0.2) is 4.68 Å². The minimum atomic E-state index is -1.09. The van der Waals surface area contributed by atoms with E-state index < -0.39 is 5.60 Å². The second kappa shape index (κ2) is 7.11. The van der Waals surface area contributed by atoms with Crippen LogP contribution in [0.5, 0.6) is 5.88 Å². The average molecular weight is 400 g/mol. The van der Waals surface area contributed by atoms with Crippen LogP contribution in [0.4, 0.5) is 5.69 Å². The molecule has 25 heavy (non-hydrogen) atoms. The van der Waals surface area contributed by atoms with Crippen LogP contribution in [-0.4, -0.2) is 21.3 Å². The molecular weight excluding hydrogens is 382 g/mol. The summed E-state index contributed by atoms with van der Waals surface area (Å²) in [4.78, 5) is 12.5. The first-order valence-corrected chi connectivity index (χ1v) is 8.61. The number of para-hydroxylation sites is 2. The van der Waals surface area contributed by atoms with Gasteiger partial charge in [0, 0.05) is 11.9 Å². The van der Waals surface area contributed by atoms with Gasteiger partial charge in [0.25, 0.3) is 5.91 Å². The number of hydrogen-bond acceptors (Lipinski definition) is 3. The zero-order chi connectivity index (χ0) is 17.9. The predicted octanol–water partition coefficient (Wildman–Crippen LogP) is 4.43. The molecule has 3 aromatic rings. The molecule has 0 spiro atoms. The summed E-state index contributed by atoms with van der Waals surface area (Å²) >= 11 is 3.44. The number of carbonyl (C=O) groups excluding carboxylic acids is 1. The van der Waals surface area contributed by atoms with E-state index in [1.54, 1.807) is 24.7 Å². The predicted molar refractivity (Wildman–Crippen MR) is 101 cm³/mol. The van der Waals surface area contributed by atoms with Crippen LogP contribution < -0.4 is 10.1 Å². The van der Waals surface area contributed by atoms with E-state index in [9.17, 15) is 4.79 Å². The zero-order valence-corrected chi connectivity index (χ0v) is 15.5. The Morgan fingerprint density at radius 1 is 1.08 bits per heavy atom. The van der Waals surface area contributed by atoms with Crippen LogP contribution in [0.15, 0.2) is 71.3 Å². The van der Waals surface area contributed by atoms with Crippen molar-refractivity contribution in [2.24, 2.45) is 0 Å². The lowest BCUT2D eigenvalue weighted by Crippen LogP contribution is -2.42. The third-order valence-corrected chi connectivity index (χ3v) is 4.13. The van der Waals surface area contributed by atoms with Crippen molar-refractivity contribution in [3.63, 3.8) is 0 Å². The number of amides is 1. The van der Waals surface area contributed by atoms with E-state index in [0.29, 0.717) is 10.4 Å². The fraction of sp³-hybridized carbons (Fsp3) is 0.158. The minimum Gasteiger partial charge on any atom is -0.460 e. The summed E-state index contributed by atoms with van der Waals surface area (Å²) in [6.07, 6.45) is 1.80. The molecule has 0 saturated carbocycles. The maximum atomic E-state index is 12.5. The molecule has 2 aromatic carbocycles. The van der Waals surface area contributed by atoms with Crippen LogP contribution in [0.1, 0.15) is 13.8 Å². The van der Waals surface area contributed by atoms with Gasteiger partial charge < -0.3 is 10.1 Å². The largest absolute Gasteiger partial charge is 0.460 e. The van der Waals surface area contributed by atoms with E-state index in [2.05, 4.69) is 26.3 Å². The highest BCUT2D eigenvalue weighted by Crippen LogP contribution is 2.28. The molecule has 0 atom stereocenters. The second-order valence-electron chi connectivity index (χ2n) is 5.99. The van der Waals surface area contributed by atoms with Gasteiger partial charge in [-0.2, -0.15) is 0 Å². The van der Waals surface area contributed by atoms with Gasteiger partial charge in [0.1, 0.15) is 0 Å². The molecule has 3 rings (SSSR count). The number of nitrogens with zero attached hydrogens (tertiary/aromatic N) is 2. The number of ether oxygens (including phenoxy) is 1. The second-order valence-corrected chi connectivity index (χ2v) is 6.85. The Balaban J connectivity index is 1.76. The average Bonchev–Trinajstić information content (AvgIpc) is 2.97. The van der Waals surface area contributed by atoms with E-state index >= 15 is 0 Å². The van der Waals surface area contributed by atoms with Gasteiger partial charge in [0.2, 0.25) is 5.88 Å². The van der Waals surface area contributed by atoms with Gasteiger partial charge in [0.15, 0.2) is 5.60 Å². The van der Waals surface area contributed by atoms with Crippen LogP contribution in [0.25, 0.3) is 5.69 Å². The highest BCUT2D eigenvalue weighted by atomic mass is 79.9. The highest BCUT2D eigenvalue weighted by molar-refractivity contribution is 9.10. The van der Waals surface area contributed by atoms with Gasteiger partial charge in [-0.15, -0.1) is 5.10 Å². The number of benzene rings is 2. The van der Waals surface area contributed by atoms with Crippen molar-refractivity contribution in [1.29, 1.82) is 0 Å². The van der Waals surface area contributed by atoms with Crippen LogP contribution >= 0.6 is 15.9 Å². The number of rotatable bonds is 5. The number of carbonyl (C=O) groups is 1. The summed E-state index contributed by atoms with van der Waals surface area (Å²) in [5.74, 6) is 0.108. The lowest BCUT2D eigenvalue weighted by molar-refractivity contribution is -0.128. The van der Waals surface area contributed by atoms with Crippen molar-refractivity contribution in [1.82, 2.24) is 9.78 Å². The van der Waals surface area contributed by atoms with Crippen molar-refractivity contribution in [2.45, 2.75) is 19.4 Å². The van der Waals surface area contributed by atoms with Crippen LogP contribution in [0.2, 0.25) is 0 Å². The summed E-state index contributed by atoms with van der Waals surface area (Å²) in [6, 6.07) is 19.0. The summed E-state index contributed by atoms with van der Waals surface area (Å²) in [5.41, 5.74) is 0.538. The fourth-order valence-electron chi connectivity index (χ4n) is 2.21. The van der Waals surface area contributed by atoms with Crippen LogP contribution in [0, 0.1) is 0 Å². The van der Waals surface area contributed by atoms with Crippen molar-refractivity contribution in [3.05, 3.63) is 71.3 Å². The summed E-state index contributed by atoms with van der Waals surface area (Å²) < 4.78 is 8.25. The third-order valence-electron chi connectivity index (χ3n) is 3.59. The molecule has 6 heteroatoms. The normalized spacial score (nSPS) is 11.2. The first-order chi connectivity index (χ1) is 12.0. The number of aromatic nitrogens is 2. The summed E-state index contributed by atoms with van der Waals surface area (Å²) in [6.45, 7) is 3.42. The van der Waals surface area contributed by atoms with Crippen molar-refractivity contribution in [3.8, 4) is 11.6 Å². The maximum absolute atomic E-state index is 12.5. The van der Waals surface area contributed by atoms with Crippen molar-refractivity contribution < 1.29 is 9.53 Å². The Labute approximate surface area is 154 Å². The quantitative estimate of drug-likeness (QED) is 0.690. The molecule has 0 saturated heterocycles. The van der Waals surface area contributed by atoms with Crippen molar-refractivity contribution in [2.75, 3.05) is 5.32 Å². The van der Waals surface area contributed by atoms with E-state index in [-0.39, 0.29) is 5.91 Å². The summed E-state index contributed by atoms with van der Waals surface area (Å²) in [5, 5.41) is 7.27. The maximum Gasteiger partial charge on any atom is 0.268 e. The Kier molecular flexibility index (Phi) is 4.90. The fourth-order valence-corrected chi connectivity index (χ4v) is 2.56. The molecule has 0 aliphatic carbocycles. The molecule has 1 heterocycles. The smallest absolute Gasteiger partial charge is 0.268 e. The SMILES string of the molecule is CC(C)(Oc1nn(-c2ccccc2)cc1Br)C(=O)Nc1ccccc1. The van der Waals surface area contributed by atoms with E-state index in [4.69, 9.17) is 4.74 Å². The molecule has 5 nitrogen and oxygen atoms in total. The highest BCUT2D eigenvalue weighted by Gasteiger charge is 2.32. The number of anilines is 1. The minimum absolute atomic E-state index is 0.250. The Morgan fingerprint density at radius 3 is 2.32 bits per heavy atom. The molecule has 0 aliphatic rings. The number of hydrogen-bond donors (Lipinski definition) is 1. The molecule has 1 N–H and O–H groups in total. The third kappa shape index (κ3) is 4.09. The number of nitrogens with one attached hydrogen (secondary N) is 1. The molecule has 0 bridgehead atoms. The standard InChI is InChI=1S/C19H18BrN3O2/c1-19(2,18(24)21-14-9-5-3-6-10-14)25-17-16(20)13-23(22-17)15-11-7-4-8-12-15/h3-13H,1-2H3,(H,21,24). The van der Waals surface area contributed by atoms with Gasteiger partial charge in [-0.05, 0) is 54.0 Å². The summed E-state index contributed by atoms with van der Waals surface area (Å²) in [7, 11) is 0. The lowest BCUT2D eigenvalue weighted by Gasteiger charge is -2.24. The first-order valence-electron chi connectivity index (χ1n) is 7.82. The van der Waals surface area contributed by atoms with Gasteiger partial charge in [-0.1, -0.05) is 36.4 Å². The zero-order valence-electron chi connectivity index (χ0n) is 13.9. The van der Waals surface area contributed by atoms with E-state index in [1.807, 2.05) is 60.7 Å². The van der Waals surface area contributed by atoms with E-state index in [0.717, 1.165) is 11.4 Å². The Morgan fingerprint density at radius 2 is 1.68 bits per heavy atom. The molecular formula is C19H18BrN3O2. The molecule has 0 fully saturated rings. The molecule has 0 aliphatic heterocycles. The van der Waals surface area contributed by atoms with Gasteiger partial charge in [-0.3, -0.25) is 4.79 Å². The van der Waals surface area contributed by atoms with E-state index in [1.165, 1.54) is 0 Å². The van der Waals surface area contributed by atoms with Crippen molar-refractivity contribution >= 4 is 27.5 Å². The van der Waals surface area contributed by atoms with Crippen LogP contribution in [-0.2, 0) is 4.79 Å². The monoisotopic (exact) mass is 399 g/mol.